The van der Waals surface area contributed by atoms with Crippen LogP contribution in [-0.2, 0) is 4.79 Å². The molecule has 0 radical (unpaired) electrons. The van der Waals surface area contributed by atoms with Gasteiger partial charge in [-0.2, -0.15) is 12.6 Å². The van der Waals surface area contributed by atoms with Crippen LogP contribution in [0.5, 0.6) is 0 Å². The first-order valence-corrected chi connectivity index (χ1v) is 5.17. The Morgan fingerprint density at radius 3 is 2.38 bits per heavy atom. The van der Waals surface area contributed by atoms with Crippen LogP contribution in [0.1, 0.15) is 13.8 Å². The zero-order valence-corrected chi connectivity index (χ0v) is 9.77. The highest BCUT2D eigenvalue weighted by atomic mass is 32.1. The van der Waals surface area contributed by atoms with Crippen molar-refractivity contribution in [3.05, 3.63) is 0 Å². The van der Waals surface area contributed by atoms with Gasteiger partial charge in [0.25, 0.3) is 0 Å². The van der Waals surface area contributed by atoms with Gasteiger partial charge in [-0.15, -0.1) is 0 Å². The number of nitrogens with one attached hydrogen (secondary N) is 1. The van der Waals surface area contributed by atoms with Gasteiger partial charge in [0.1, 0.15) is 0 Å². The van der Waals surface area contributed by atoms with Crippen molar-refractivity contribution >= 4 is 18.5 Å². The van der Waals surface area contributed by atoms with Gasteiger partial charge in [-0.1, -0.05) is 6.92 Å². The van der Waals surface area contributed by atoms with Crippen LogP contribution < -0.4 is 5.32 Å². The minimum atomic E-state index is -0.00213. The molecular formula is C9H20N2OS. The number of carbonyl (C=O) groups excluding carboxylic acids is 1. The van der Waals surface area contributed by atoms with Crippen LogP contribution in [0.4, 0.5) is 0 Å². The predicted molar refractivity (Wildman–Crippen MR) is 59.2 cm³/mol. The van der Waals surface area contributed by atoms with Crippen LogP contribution in [0.25, 0.3) is 0 Å². The van der Waals surface area contributed by atoms with E-state index < -0.39 is 0 Å². The molecule has 0 saturated heterocycles. The minimum Gasteiger partial charge on any atom is -0.354 e. The van der Waals surface area contributed by atoms with Gasteiger partial charge < -0.3 is 10.2 Å². The number of hydrogen-bond acceptors (Lipinski definition) is 3. The summed E-state index contributed by atoms with van der Waals surface area (Å²) in [6.07, 6.45) is 0. The predicted octanol–water partition coefficient (Wildman–Crippen LogP) is 0.619. The number of likely N-dealkylation sites (N-methyl/N-ethyl adjacent to an activating group) is 1. The third kappa shape index (κ3) is 5.16. The Labute approximate surface area is 86.3 Å². The van der Waals surface area contributed by atoms with Crippen molar-refractivity contribution in [2.75, 3.05) is 26.4 Å². The summed E-state index contributed by atoms with van der Waals surface area (Å²) in [5.41, 5.74) is 0. The fraction of sp³-hybridized carbons (Fsp3) is 0.889. The van der Waals surface area contributed by atoms with E-state index in [-0.39, 0.29) is 11.8 Å². The van der Waals surface area contributed by atoms with E-state index in [1.54, 1.807) is 0 Å². The summed E-state index contributed by atoms with van der Waals surface area (Å²) in [6.45, 7) is 4.65. The Balaban J connectivity index is 3.70. The molecule has 1 amide bonds. The first kappa shape index (κ1) is 12.8. The number of amides is 1. The Kier molecular flexibility index (Phi) is 6.16. The van der Waals surface area contributed by atoms with Gasteiger partial charge in [-0.25, -0.2) is 0 Å². The summed E-state index contributed by atoms with van der Waals surface area (Å²) in [5, 5.41) is 2.88. The van der Waals surface area contributed by atoms with Crippen molar-refractivity contribution in [3.63, 3.8) is 0 Å². The van der Waals surface area contributed by atoms with E-state index in [1.165, 1.54) is 0 Å². The summed E-state index contributed by atoms with van der Waals surface area (Å²) in [4.78, 5) is 13.4. The lowest BCUT2D eigenvalue weighted by molar-refractivity contribution is -0.124. The Morgan fingerprint density at radius 1 is 1.46 bits per heavy atom. The molecule has 0 fully saturated rings. The molecule has 78 valence electrons. The van der Waals surface area contributed by atoms with E-state index in [0.29, 0.717) is 18.3 Å². The second-order valence-electron chi connectivity index (χ2n) is 3.64. The highest BCUT2D eigenvalue weighted by Crippen LogP contribution is 1.97. The lowest BCUT2D eigenvalue weighted by Gasteiger charge is -2.20. The molecule has 0 aromatic rings. The average molecular weight is 204 g/mol. The van der Waals surface area contributed by atoms with Gasteiger partial charge in [-0.05, 0) is 21.0 Å². The number of rotatable bonds is 5. The zero-order chi connectivity index (χ0) is 10.4. The molecule has 13 heavy (non-hydrogen) atoms. The highest BCUT2D eigenvalue weighted by molar-refractivity contribution is 7.80. The van der Waals surface area contributed by atoms with Crippen LogP contribution in [0, 0.1) is 5.92 Å². The Morgan fingerprint density at radius 2 is 2.00 bits per heavy atom. The third-order valence-electron chi connectivity index (χ3n) is 2.17. The van der Waals surface area contributed by atoms with Gasteiger partial charge in [-0.3, -0.25) is 4.79 Å². The second-order valence-corrected chi connectivity index (χ2v) is 4.01. The molecule has 2 unspecified atom stereocenters. The Bertz CT molecular complexity index is 162. The molecule has 3 nitrogen and oxygen atoms in total. The van der Waals surface area contributed by atoms with Crippen molar-refractivity contribution in [2.45, 2.75) is 19.9 Å². The molecule has 0 aromatic heterocycles. The normalized spacial score (nSPS) is 15.5. The van der Waals surface area contributed by atoms with E-state index in [4.69, 9.17) is 0 Å². The van der Waals surface area contributed by atoms with Crippen LogP contribution in [-0.4, -0.2) is 43.2 Å². The molecule has 0 aliphatic carbocycles. The average Bonchev–Trinajstić information content (AvgIpc) is 2.11. The molecule has 0 spiro atoms. The summed E-state index contributed by atoms with van der Waals surface area (Å²) in [6, 6.07) is 0.371. The van der Waals surface area contributed by atoms with E-state index >= 15 is 0 Å². The molecule has 0 saturated carbocycles. The molecule has 0 aromatic carbocycles. The molecular weight excluding hydrogens is 184 g/mol. The lowest BCUT2D eigenvalue weighted by atomic mass is 10.2. The lowest BCUT2D eigenvalue weighted by Crippen LogP contribution is -2.40. The summed E-state index contributed by atoms with van der Waals surface area (Å²) < 4.78 is 0. The smallest absolute Gasteiger partial charge is 0.223 e. The topological polar surface area (TPSA) is 32.3 Å². The molecule has 1 N–H and O–H groups in total. The number of hydrogen-bond donors (Lipinski definition) is 2. The number of carbonyl (C=O) groups is 1. The van der Waals surface area contributed by atoms with E-state index in [0.717, 1.165) is 0 Å². The largest absolute Gasteiger partial charge is 0.354 e. The molecule has 2 atom stereocenters. The maximum absolute atomic E-state index is 11.3. The van der Waals surface area contributed by atoms with Gasteiger partial charge in [0.05, 0.1) is 0 Å². The Hall–Kier alpha value is -0.220. The maximum atomic E-state index is 11.3. The summed E-state index contributed by atoms with van der Waals surface area (Å²) >= 11 is 4.07. The van der Waals surface area contributed by atoms with Crippen LogP contribution >= 0.6 is 12.6 Å². The van der Waals surface area contributed by atoms with Crippen molar-refractivity contribution in [3.8, 4) is 0 Å². The number of nitrogens with zero attached hydrogens (tertiary/aromatic N) is 1. The summed E-state index contributed by atoms with van der Waals surface area (Å²) in [7, 11) is 4.00. The van der Waals surface area contributed by atoms with Crippen molar-refractivity contribution in [2.24, 2.45) is 5.92 Å². The molecule has 0 heterocycles. The van der Waals surface area contributed by atoms with Crippen molar-refractivity contribution in [1.29, 1.82) is 0 Å². The molecule has 4 heteroatoms. The highest BCUT2D eigenvalue weighted by Gasteiger charge is 2.12. The van der Waals surface area contributed by atoms with Crippen LogP contribution in [0.15, 0.2) is 0 Å². The fourth-order valence-electron chi connectivity index (χ4n) is 0.688. The van der Waals surface area contributed by atoms with E-state index in [1.807, 2.05) is 21.0 Å². The molecule has 0 aliphatic rings. The monoisotopic (exact) mass is 204 g/mol. The zero-order valence-electron chi connectivity index (χ0n) is 8.87. The molecule has 0 bridgehead atoms. The van der Waals surface area contributed by atoms with Crippen LogP contribution in [0.3, 0.4) is 0 Å². The first-order valence-electron chi connectivity index (χ1n) is 4.54. The van der Waals surface area contributed by atoms with Crippen molar-refractivity contribution in [1.82, 2.24) is 10.2 Å². The van der Waals surface area contributed by atoms with Crippen LogP contribution in [0.2, 0.25) is 0 Å². The number of thiol groups is 1. The quantitative estimate of drug-likeness (QED) is 0.644. The fourth-order valence-corrected chi connectivity index (χ4v) is 0.854. The maximum Gasteiger partial charge on any atom is 0.223 e. The molecule has 0 rings (SSSR count). The second kappa shape index (κ2) is 6.27. The van der Waals surface area contributed by atoms with E-state index in [9.17, 15) is 4.79 Å². The first-order chi connectivity index (χ1) is 5.99. The van der Waals surface area contributed by atoms with Gasteiger partial charge in [0, 0.05) is 24.3 Å². The standard InChI is InChI=1S/C9H20N2OS/c1-7(6-13)9(12)10-5-8(2)11(3)4/h7-8,13H,5-6H2,1-4H3,(H,10,12). The van der Waals surface area contributed by atoms with Crippen molar-refractivity contribution < 1.29 is 4.79 Å². The third-order valence-corrected chi connectivity index (χ3v) is 2.72. The molecule has 0 aliphatic heterocycles. The van der Waals surface area contributed by atoms with E-state index in [2.05, 4.69) is 29.8 Å². The van der Waals surface area contributed by atoms with Gasteiger partial charge in [0.2, 0.25) is 5.91 Å². The van der Waals surface area contributed by atoms with Gasteiger partial charge >= 0.3 is 0 Å². The minimum absolute atomic E-state index is 0.00213. The van der Waals surface area contributed by atoms with Gasteiger partial charge in [0.15, 0.2) is 0 Å². The SMILES string of the molecule is CC(CS)C(=O)NCC(C)N(C)C. The summed E-state index contributed by atoms with van der Waals surface area (Å²) in [5.74, 6) is 0.684.